The fourth-order valence-electron chi connectivity index (χ4n) is 2.86. The number of hydrogen-bond acceptors (Lipinski definition) is 3. The number of aryl methyl sites for hydroxylation is 1. The molecule has 4 heteroatoms. The van der Waals surface area contributed by atoms with Gasteiger partial charge in [0.1, 0.15) is 0 Å². The summed E-state index contributed by atoms with van der Waals surface area (Å²) in [6.45, 7) is 2.15. The second kappa shape index (κ2) is 7.58. The fourth-order valence-corrected chi connectivity index (χ4v) is 3.89. The Morgan fingerprint density at radius 2 is 1.42 bits per heavy atom. The highest BCUT2D eigenvalue weighted by molar-refractivity contribution is 7.98. The van der Waals surface area contributed by atoms with Gasteiger partial charge in [0.15, 0.2) is 11.0 Å². The number of rotatable bonds is 5. The largest absolute Gasteiger partial charge is 0.270 e. The smallest absolute Gasteiger partial charge is 0.196 e. The van der Waals surface area contributed by atoms with E-state index in [0.717, 1.165) is 28.0 Å². The molecule has 128 valence electrons. The average Bonchev–Trinajstić information content (AvgIpc) is 3.13. The minimum absolute atomic E-state index is 0.865. The van der Waals surface area contributed by atoms with Crippen LogP contribution in [0.2, 0.25) is 0 Å². The molecule has 0 atom stereocenters. The summed E-state index contributed by atoms with van der Waals surface area (Å²) in [5.74, 6) is 1.73. The molecule has 0 amide bonds. The van der Waals surface area contributed by atoms with Crippen LogP contribution in [0.5, 0.6) is 0 Å². The lowest BCUT2D eigenvalue weighted by molar-refractivity contribution is 0.886. The molecule has 0 radical (unpaired) electrons. The maximum absolute atomic E-state index is 4.49. The van der Waals surface area contributed by atoms with Crippen LogP contribution >= 0.6 is 11.8 Å². The zero-order chi connectivity index (χ0) is 17.8. The van der Waals surface area contributed by atoms with Crippen molar-refractivity contribution in [2.45, 2.75) is 17.8 Å². The lowest BCUT2D eigenvalue weighted by Crippen LogP contribution is -1.99. The molecule has 1 aromatic heterocycles. The van der Waals surface area contributed by atoms with Crippen LogP contribution in [0, 0.1) is 6.92 Å². The standard InChI is InChI=1S/C22H19N3S/c1-17-10-8-9-13-19(17)16-26-22-24-23-21(18-11-4-2-5-12-18)25(22)20-14-6-3-7-15-20/h2-15H,16H2,1H3. The van der Waals surface area contributed by atoms with Crippen molar-refractivity contribution >= 4 is 11.8 Å². The molecule has 4 rings (SSSR count). The van der Waals surface area contributed by atoms with Crippen LogP contribution in [0.1, 0.15) is 11.1 Å². The van der Waals surface area contributed by atoms with Gasteiger partial charge in [-0.25, -0.2) is 0 Å². The molecule has 1 heterocycles. The third-order valence-corrected chi connectivity index (χ3v) is 5.28. The van der Waals surface area contributed by atoms with Crippen molar-refractivity contribution in [2.75, 3.05) is 0 Å². The number of hydrogen-bond donors (Lipinski definition) is 0. The number of thioether (sulfide) groups is 1. The first-order valence-electron chi connectivity index (χ1n) is 8.56. The monoisotopic (exact) mass is 357 g/mol. The van der Waals surface area contributed by atoms with Crippen LogP contribution in [-0.2, 0) is 5.75 Å². The zero-order valence-electron chi connectivity index (χ0n) is 14.5. The van der Waals surface area contributed by atoms with Gasteiger partial charge in [-0.3, -0.25) is 4.57 Å². The van der Waals surface area contributed by atoms with Crippen molar-refractivity contribution in [3.05, 3.63) is 96.1 Å². The molecule has 3 nitrogen and oxygen atoms in total. The van der Waals surface area contributed by atoms with Gasteiger partial charge in [-0.15, -0.1) is 10.2 Å². The summed E-state index contributed by atoms with van der Waals surface area (Å²) in [5, 5.41) is 9.88. The number of para-hydroxylation sites is 1. The Bertz CT molecular complexity index is 994. The van der Waals surface area contributed by atoms with Crippen LogP contribution in [0.3, 0.4) is 0 Å². The maximum Gasteiger partial charge on any atom is 0.196 e. The SMILES string of the molecule is Cc1ccccc1CSc1nnc(-c2ccccc2)n1-c1ccccc1. The predicted molar refractivity (Wildman–Crippen MR) is 108 cm³/mol. The van der Waals surface area contributed by atoms with Gasteiger partial charge in [-0.2, -0.15) is 0 Å². The molecule has 3 aromatic carbocycles. The van der Waals surface area contributed by atoms with Crippen molar-refractivity contribution in [2.24, 2.45) is 0 Å². The van der Waals surface area contributed by atoms with E-state index in [9.17, 15) is 0 Å². The van der Waals surface area contributed by atoms with Gasteiger partial charge in [0.05, 0.1) is 0 Å². The van der Waals surface area contributed by atoms with Crippen molar-refractivity contribution < 1.29 is 0 Å². The first-order valence-corrected chi connectivity index (χ1v) is 9.55. The van der Waals surface area contributed by atoms with Crippen LogP contribution in [0.4, 0.5) is 0 Å². The molecule has 0 unspecified atom stereocenters. The Labute approximate surface area is 157 Å². The van der Waals surface area contributed by atoms with Crippen molar-refractivity contribution in [3.63, 3.8) is 0 Å². The van der Waals surface area contributed by atoms with Gasteiger partial charge in [-0.05, 0) is 30.2 Å². The molecule has 0 spiro atoms. The molecule has 0 aliphatic rings. The first kappa shape index (κ1) is 16.6. The van der Waals surface area contributed by atoms with Crippen LogP contribution in [-0.4, -0.2) is 14.8 Å². The zero-order valence-corrected chi connectivity index (χ0v) is 15.4. The summed E-state index contributed by atoms with van der Waals surface area (Å²) in [4.78, 5) is 0. The van der Waals surface area contributed by atoms with E-state index in [4.69, 9.17) is 0 Å². The quantitative estimate of drug-likeness (QED) is 0.440. The summed E-state index contributed by atoms with van der Waals surface area (Å²) in [5.41, 5.74) is 4.76. The molecule has 0 aliphatic carbocycles. The van der Waals surface area contributed by atoms with Gasteiger partial charge in [0, 0.05) is 17.0 Å². The molecule has 0 saturated carbocycles. The minimum Gasteiger partial charge on any atom is -0.270 e. The highest BCUT2D eigenvalue weighted by atomic mass is 32.2. The Kier molecular flexibility index (Phi) is 4.84. The number of nitrogens with zero attached hydrogens (tertiary/aromatic N) is 3. The molecule has 0 saturated heterocycles. The van der Waals surface area contributed by atoms with E-state index in [-0.39, 0.29) is 0 Å². The third kappa shape index (κ3) is 3.41. The average molecular weight is 357 g/mol. The lowest BCUT2D eigenvalue weighted by Gasteiger charge is -2.11. The first-order chi connectivity index (χ1) is 12.8. The second-order valence-electron chi connectivity index (χ2n) is 6.06. The van der Waals surface area contributed by atoms with E-state index < -0.39 is 0 Å². The maximum atomic E-state index is 4.49. The summed E-state index contributed by atoms with van der Waals surface area (Å²) < 4.78 is 2.14. The molecule has 0 fully saturated rings. The van der Waals surface area contributed by atoms with E-state index in [1.54, 1.807) is 11.8 Å². The molecular formula is C22H19N3S. The fraction of sp³-hybridized carbons (Fsp3) is 0.0909. The van der Waals surface area contributed by atoms with Gasteiger partial charge in [0.25, 0.3) is 0 Å². The van der Waals surface area contributed by atoms with Crippen LogP contribution < -0.4 is 0 Å². The molecule has 0 bridgehead atoms. The van der Waals surface area contributed by atoms with E-state index in [2.05, 4.69) is 70.2 Å². The van der Waals surface area contributed by atoms with Gasteiger partial charge >= 0.3 is 0 Å². The van der Waals surface area contributed by atoms with Crippen LogP contribution in [0.15, 0.2) is 90.1 Å². The van der Waals surface area contributed by atoms with Gasteiger partial charge < -0.3 is 0 Å². The molecular weight excluding hydrogens is 338 g/mol. The Morgan fingerprint density at radius 3 is 2.15 bits per heavy atom. The van der Waals surface area contributed by atoms with E-state index in [0.29, 0.717) is 0 Å². The Hall–Kier alpha value is -2.85. The molecule has 0 aliphatic heterocycles. The second-order valence-corrected chi connectivity index (χ2v) is 7.00. The summed E-state index contributed by atoms with van der Waals surface area (Å²) >= 11 is 1.71. The topological polar surface area (TPSA) is 30.7 Å². The van der Waals surface area contributed by atoms with Crippen molar-refractivity contribution in [1.82, 2.24) is 14.8 Å². The lowest BCUT2D eigenvalue weighted by atomic mass is 10.1. The highest BCUT2D eigenvalue weighted by Crippen LogP contribution is 2.30. The highest BCUT2D eigenvalue weighted by Gasteiger charge is 2.16. The van der Waals surface area contributed by atoms with Gasteiger partial charge in [-0.1, -0.05) is 84.6 Å². The minimum atomic E-state index is 0.865. The Balaban J connectivity index is 1.73. The van der Waals surface area contributed by atoms with E-state index >= 15 is 0 Å². The van der Waals surface area contributed by atoms with Gasteiger partial charge in [0.2, 0.25) is 0 Å². The number of benzene rings is 3. The Morgan fingerprint density at radius 1 is 0.769 bits per heavy atom. The molecule has 4 aromatic rings. The van der Waals surface area contributed by atoms with Crippen molar-refractivity contribution in [3.8, 4) is 17.1 Å². The summed E-state index contributed by atoms with van der Waals surface area (Å²) in [7, 11) is 0. The van der Waals surface area contributed by atoms with E-state index in [1.165, 1.54) is 11.1 Å². The van der Waals surface area contributed by atoms with Crippen molar-refractivity contribution in [1.29, 1.82) is 0 Å². The predicted octanol–water partition coefficient (Wildman–Crippen LogP) is 5.54. The molecule has 26 heavy (non-hydrogen) atoms. The summed E-state index contributed by atoms with van der Waals surface area (Å²) in [6, 6.07) is 29.0. The number of aromatic nitrogens is 3. The van der Waals surface area contributed by atoms with Crippen LogP contribution in [0.25, 0.3) is 17.1 Å². The van der Waals surface area contributed by atoms with E-state index in [1.807, 2.05) is 36.4 Å². The third-order valence-electron chi connectivity index (χ3n) is 4.30. The molecule has 0 N–H and O–H groups in total. The summed E-state index contributed by atoms with van der Waals surface area (Å²) in [6.07, 6.45) is 0. The normalized spacial score (nSPS) is 10.8.